The van der Waals surface area contributed by atoms with E-state index in [1.165, 1.54) is 0 Å². The second-order valence-electron chi connectivity index (χ2n) is 0.805. The van der Waals surface area contributed by atoms with Crippen LogP contribution in [0.5, 0.6) is 0 Å². The van der Waals surface area contributed by atoms with Crippen molar-refractivity contribution in [2.75, 3.05) is 6.61 Å². The van der Waals surface area contributed by atoms with Crippen LogP contribution < -0.4 is 29.6 Å². The van der Waals surface area contributed by atoms with Crippen LogP contribution in [0, 0.1) is 6.92 Å². The van der Waals surface area contributed by atoms with Gasteiger partial charge in [0.1, 0.15) is 0 Å². The summed E-state index contributed by atoms with van der Waals surface area (Å²) in [5.74, 6) is -0.461. The second kappa shape index (κ2) is 6.34. The van der Waals surface area contributed by atoms with Gasteiger partial charge in [0, 0.05) is 0 Å². The quantitative estimate of drug-likeness (QED) is 0.210. The molecule has 2 nitrogen and oxygen atoms in total. The van der Waals surface area contributed by atoms with Gasteiger partial charge >= 0.3 is 29.6 Å². The number of esters is 1. The van der Waals surface area contributed by atoms with Crippen molar-refractivity contribution in [1.82, 2.24) is 0 Å². The molecule has 0 aliphatic heterocycles. The Kier molecular flexibility index (Phi) is 9.37. The van der Waals surface area contributed by atoms with E-state index in [2.05, 4.69) is 11.7 Å². The molecule has 0 bridgehead atoms. The Morgan fingerprint density at radius 3 is 2.29 bits per heavy atom. The summed E-state index contributed by atoms with van der Waals surface area (Å²) in [6.45, 7) is 5.13. The summed E-state index contributed by atoms with van der Waals surface area (Å²) in [6.07, 6.45) is 0. The van der Waals surface area contributed by atoms with E-state index in [1.54, 1.807) is 6.92 Å². The number of hydrogen-bond donors (Lipinski definition) is 0. The fourth-order valence-electron chi connectivity index (χ4n) is 0.161. The molecule has 0 N–H and O–H groups in total. The molecule has 0 radical (unpaired) electrons. The summed E-state index contributed by atoms with van der Waals surface area (Å²) in [6, 6.07) is 0. The van der Waals surface area contributed by atoms with Crippen molar-refractivity contribution in [2.45, 2.75) is 6.92 Å². The number of carbonyl (C=O) groups excluding carboxylic acids is 1. The van der Waals surface area contributed by atoms with Crippen molar-refractivity contribution in [3.8, 4) is 0 Å². The zero-order valence-corrected chi connectivity index (χ0v) is 6.73. The Hall–Kier alpha value is 0.340. The van der Waals surface area contributed by atoms with Gasteiger partial charge in [-0.05, 0) is 6.92 Å². The van der Waals surface area contributed by atoms with Crippen LogP contribution in [-0.4, -0.2) is 12.6 Å². The van der Waals surface area contributed by atoms with E-state index < -0.39 is 5.97 Å². The third kappa shape index (κ3) is 10.7. The largest absolute Gasteiger partial charge is 1.00 e. The normalized spacial score (nSPS) is 6.43. The first kappa shape index (κ1) is 10.3. The number of ether oxygens (including phenoxy) is 1. The van der Waals surface area contributed by atoms with Crippen molar-refractivity contribution in [3.63, 3.8) is 0 Å². The Balaban J connectivity index is 0. The van der Waals surface area contributed by atoms with E-state index in [0.717, 1.165) is 0 Å². The molecule has 0 spiro atoms. The molecule has 0 aromatic rings. The molecule has 0 aromatic carbocycles. The first-order valence-corrected chi connectivity index (χ1v) is 1.76. The number of carbonyl (C=O) groups is 1. The van der Waals surface area contributed by atoms with Crippen molar-refractivity contribution < 1.29 is 39.1 Å². The minimum Gasteiger partial charge on any atom is -0.489 e. The molecule has 0 aliphatic rings. The fourth-order valence-corrected chi connectivity index (χ4v) is 0.161. The summed E-state index contributed by atoms with van der Waals surface area (Å²) in [5.41, 5.74) is 0. The summed E-state index contributed by atoms with van der Waals surface area (Å²) >= 11 is 0. The van der Waals surface area contributed by atoms with Gasteiger partial charge < -0.3 is 4.74 Å². The second-order valence-corrected chi connectivity index (χ2v) is 0.805. The molecule has 0 heterocycles. The standard InChI is InChI=1S/C4H7O2.Na/c1-3-6-4(2)5;/h2-3H2,1H3;/q-1;+1. The maximum Gasteiger partial charge on any atom is 1.00 e. The summed E-state index contributed by atoms with van der Waals surface area (Å²) in [4.78, 5) is 9.71. The predicted octanol–water partition coefficient (Wildman–Crippen LogP) is -2.61. The molecule has 7 heavy (non-hydrogen) atoms. The van der Waals surface area contributed by atoms with Crippen LogP contribution in [0.4, 0.5) is 0 Å². The van der Waals surface area contributed by atoms with Crippen LogP contribution in [0.1, 0.15) is 6.92 Å². The van der Waals surface area contributed by atoms with Gasteiger partial charge in [-0.1, -0.05) is 0 Å². The van der Waals surface area contributed by atoms with Gasteiger partial charge in [0.05, 0.1) is 6.61 Å². The van der Waals surface area contributed by atoms with E-state index in [0.29, 0.717) is 6.61 Å². The van der Waals surface area contributed by atoms with E-state index in [-0.39, 0.29) is 29.6 Å². The first-order valence-electron chi connectivity index (χ1n) is 1.76. The van der Waals surface area contributed by atoms with Gasteiger partial charge in [0.2, 0.25) is 0 Å². The first-order chi connectivity index (χ1) is 2.77. The summed E-state index contributed by atoms with van der Waals surface area (Å²) < 4.78 is 4.29. The molecule has 0 saturated heterocycles. The SMILES string of the molecule is [CH2-]C(=O)OCC.[Na+]. The van der Waals surface area contributed by atoms with Gasteiger partial charge in [0.25, 0.3) is 0 Å². The molecular weight excluding hydrogens is 103 g/mol. The molecule has 3 heteroatoms. The smallest absolute Gasteiger partial charge is 0.489 e. The van der Waals surface area contributed by atoms with Gasteiger partial charge in [-0.15, -0.1) is 0 Å². The molecule has 0 unspecified atom stereocenters. The van der Waals surface area contributed by atoms with Gasteiger partial charge in [-0.2, -0.15) is 0 Å². The van der Waals surface area contributed by atoms with Crippen molar-refractivity contribution >= 4 is 5.97 Å². The fraction of sp³-hybridized carbons (Fsp3) is 0.500. The maximum absolute atomic E-state index is 9.71. The van der Waals surface area contributed by atoms with Crippen molar-refractivity contribution in [2.24, 2.45) is 0 Å². The molecule has 36 valence electrons. The van der Waals surface area contributed by atoms with Crippen LogP contribution in [0.2, 0.25) is 0 Å². The van der Waals surface area contributed by atoms with Gasteiger partial charge in [-0.3, -0.25) is 11.7 Å². The summed E-state index contributed by atoms with van der Waals surface area (Å²) in [7, 11) is 0. The average molecular weight is 110 g/mol. The molecule has 0 saturated carbocycles. The third-order valence-electron chi connectivity index (χ3n) is 0.305. The van der Waals surface area contributed by atoms with Gasteiger partial charge in [-0.25, -0.2) is 0 Å². The number of rotatable bonds is 1. The monoisotopic (exact) mass is 110 g/mol. The van der Waals surface area contributed by atoms with E-state index >= 15 is 0 Å². The zero-order chi connectivity index (χ0) is 4.99. The van der Waals surface area contributed by atoms with Crippen molar-refractivity contribution in [1.29, 1.82) is 0 Å². The zero-order valence-electron chi connectivity index (χ0n) is 4.73. The molecule has 0 atom stereocenters. The Morgan fingerprint density at radius 2 is 2.29 bits per heavy atom. The Labute approximate surface area is 65.5 Å². The van der Waals surface area contributed by atoms with E-state index in [9.17, 15) is 4.79 Å². The van der Waals surface area contributed by atoms with Crippen LogP contribution in [0.3, 0.4) is 0 Å². The van der Waals surface area contributed by atoms with Crippen LogP contribution >= 0.6 is 0 Å². The average Bonchev–Trinajstić information content (AvgIpc) is 1.35. The molecule has 0 rings (SSSR count). The maximum atomic E-state index is 9.71. The van der Waals surface area contributed by atoms with Crippen LogP contribution in [0.15, 0.2) is 0 Å². The molecule has 0 fully saturated rings. The topological polar surface area (TPSA) is 26.3 Å². The minimum atomic E-state index is -0.461. The van der Waals surface area contributed by atoms with E-state index in [4.69, 9.17) is 0 Å². The minimum absolute atomic E-state index is 0. The Bertz CT molecular complexity index is 53.7. The molecule has 0 amide bonds. The van der Waals surface area contributed by atoms with Gasteiger partial charge in [0.15, 0.2) is 5.97 Å². The van der Waals surface area contributed by atoms with Crippen molar-refractivity contribution in [3.05, 3.63) is 6.92 Å². The molecule has 0 aromatic heterocycles. The number of hydrogen-bond acceptors (Lipinski definition) is 2. The summed E-state index contributed by atoms with van der Waals surface area (Å²) in [5, 5.41) is 0. The van der Waals surface area contributed by atoms with E-state index in [1.807, 2.05) is 0 Å². The van der Waals surface area contributed by atoms with Crippen LogP contribution in [-0.2, 0) is 9.53 Å². The Morgan fingerprint density at radius 1 is 1.86 bits per heavy atom. The third-order valence-corrected chi connectivity index (χ3v) is 0.305. The molecular formula is C4H7NaO2. The van der Waals surface area contributed by atoms with Crippen LogP contribution in [0.25, 0.3) is 0 Å². The predicted molar refractivity (Wildman–Crippen MR) is 22.0 cm³/mol. The molecule has 0 aliphatic carbocycles.